The van der Waals surface area contributed by atoms with Gasteiger partial charge in [-0.05, 0) is 44.2 Å². The Balaban J connectivity index is 1.80. The number of para-hydroxylation sites is 1. The van der Waals surface area contributed by atoms with Crippen molar-refractivity contribution < 1.29 is 19.1 Å². The first-order valence-electron chi connectivity index (χ1n) is 11.9. The van der Waals surface area contributed by atoms with Crippen molar-refractivity contribution in [1.82, 2.24) is 0 Å². The number of carbonyl (C=O) groups excluding carboxylic acids is 2. The third kappa shape index (κ3) is 4.98. The topological polar surface area (TPSA) is 65.0 Å². The van der Waals surface area contributed by atoms with Crippen molar-refractivity contribution in [3.05, 3.63) is 77.0 Å². The molecule has 4 rings (SSSR count). The van der Waals surface area contributed by atoms with Crippen LogP contribution in [-0.2, 0) is 20.9 Å². The van der Waals surface area contributed by atoms with Gasteiger partial charge < -0.3 is 9.47 Å². The molecule has 1 heterocycles. The zero-order valence-corrected chi connectivity index (χ0v) is 20.6. The SMILES string of the molecule is CC1=NC2=C(C(=O)CC(C)(C)C2)C(c2ccccc2OCc2ccccc2)C1C(=O)OC(C)C. The minimum absolute atomic E-state index is 0.0488. The fraction of sp³-hybridized carbons (Fsp3) is 0.414. The summed E-state index contributed by atoms with van der Waals surface area (Å²) in [5.74, 6) is -0.809. The van der Waals surface area contributed by atoms with E-state index in [1.165, 1.54) is 0 Å². The molecule has 34 heavy (non-hydrogen) atoms. The summed E-state index contributed by atoms with van der Waals surface area (Å²) < 4.78 is 11.9. The van der Waals surface area contributed by atoms with Crippen LogP contribution in [0.15, 0.2) is 70.9 Å². The van der Waals surface area contributed by atoms with E-state index in [9.17, 15) is 9.59 Å². The molecule has 0 saturated carbocycles. The Bertz CT molecular complexity index is 1140. The van der Waals surface area contributed by atoms with E-state index in [1.807, 2.05) is 75.4 Å². The molecule has 2 aliphatic rings. The lowest BCUT2D eigenvalue weighted by atomic mass is 9.66. The summed E-state index contributed by atoms with van der Waals surface area (Å²) in [6.07, 6.45) is 0.860. The second kappa shape index (κ2) is 9.57. The highest BCUT2D eigenvalue weighted by atomic mass is 16.5. The Labute approximate surface area is 201 Å². The van der Waals surface area contributed by atoms with Crippen LogP contribution < -0.4 is 4.74 Å². The van der Waals surface area contributed by atoms with Gasteiger partial charge in [-0.2, -0.15) is 0 Å². The van der Waals surface area contributed by atoms with E-state index in [4.69, 9.17) is 14.5 Å². The first-order valence-corrected chi connectivity index (χ1v) is 11.9. The second-order valence-electron chi connectivity index (χ2n) is 10.3. The predicted molar refractivity (Wildman–Crippen MR) is 133 cm³/mol. The smallest absolute Gasteiger partial charge is 0.315 e. The second-order valence-corrected chi connectivity index (χ2v) is 10.3. The summed E-state index contributed by atoms with van der Waals surface area (Å²) >= 11 is 0. The largest absolute Gasteiger partial charge is 0.489 e. The van der Waals surface area contributed by atoms with Crippen LogP contribution >= 0.6 is 0 Å². The summed E-state index contributed by atoms with van der Waals surface area (Å²) in [5.41, 5.74) is 3.79. The monoisotopic (exact) mass is 459 g/mol. The van der Waals surface area contributed by atoms with Gasteiger partial charge in [0.05, 0.1) is 6.10 Å². The van der Waals surface area contributed by atoms with E-state index in [2.05, 4.69) is 13.8 Å². The molecule has 5 nitrogen and oxygen atoms in total. The van der Waals surface area contributed by atoms with E-state index in [0.717, 1.165) is 16.8 Å². The number of rotatable bonds is 6. The lowest BCUT2D eigenvalue weighted by Gasteiger charge is -2.39. The van der Waals surface area contributed by atoms with Gasteiger partial charge in [0, 0.05) is 34.9 Å². The lowest BCUT2D eigenvalue weighted by Crippen LogP contribution is -2.40. The summed E-state index contributed by atoms with van der Waals surface area (Å²) in [4.78, 5) is 31.6. The molecule has 0 N–H and O–H groups in total. The van der Waals surface area contributed by atoms with Crippen molar-refractivity contribution in [2.75, 3.05) is 0 Å². The van der Waals surface area contributed by atoms with E-state index < -0.39 is 11.8 Å². The molecule has 178 valence electrons. The molecule has 0 aromatic heterocycles. The number of allylic oxidation sites excluding steroid dienone is 2. The molecule has 0 saturated heterocycles. The van der Waals surface area contributed by atoms with Gasteiger partial charge in [0.2, 0.25) is 0 Å². The van der Waals surface area contributed by atoms with Gasteiger partial charge in [-0.1, -0.05) is 62.4 Å². The molecule has 0 fully saturated rings. The number of nitrogens with zero attached hydrogens (tertiary/aromatic N) is 1. The van der Waals surface area contributed by atoms with Crippen LogP contribution in [0.25, 0.3) is 0 Å². The molecule has 0 radical (unpaired) electrons. The van der Waals surface area contributed by atoms with Gasteiger partial charge in [-0.3, -0.25) is 14.6 Å². The zero-order valence-electron chi connectivity index (χ0n) is 20.6. The van der Waals surface area contributed by atoms with Crippen molar-refractivity contribution in [3.8, 4) is 5.75 Å². The van der Waals surface area contributed by atoms with Crippen molar-refractivity contribution in [1.29, 1.82) is 0 Å². The molecule has 2 atom stereocenters. The van der Waals surface area contributed by atoms with Gasteiger partial charge in [-0.15, -0.1) is 0 Å². The van der Waals surface area contributed by atoms with Crippen LogP contribution in [0.1, 0.15) is 64.5 Å². The van der Waals surface area contributed by atoms with Crippen LogP contribution in [-0.4, -0.2) is 23.6 Å². The zero-order chi connectivity index (χ0) is 24.5. The maximum absolute atomic E-state index is 13.5. The molecule has 2 aromatic carbocycles. The number of benzene rings is 2. The van der Waals surface area contributed by atoms with E-state index in [1.54, 1.807) is 0 Å². The molecule has 0 spiro atoms. The fourth-order valence-electron chi connectivity index (χ4n) is 5.00. The molecule has 5 heteroatoms. The van der Waals surface area contributed by atoms with Gasteiger partial charge >= 0.3 is 5.97 Å². The minimum atomic E-state index is -0.673. The molecular formula is C29H33NO4. The average molecular weight is 460 g/mol. The number of esters is 1. The lowest BCUT2D eigenvalue weighted by molar-refractivity contribution is -0.150. The molecule has 1 aliphatic carbocycles. The van der Waals surface area contributed by atoms with Crippen LogP contribution in [0.5, 0.6) is 5.75 Å². The number of hydrogen-bond donors (Lipinski definition) is 0. The summed E-state index contributed by atoms with van der Waals surface area (Å²) in [7, 11) is 0. The van der Waals surface area contributed by atoms with Crippen LogP contribution in [0.4, 0.5) is 0 Å². The number of ketones is 1. The Morgan fingerprint density at radius 1 is 1.06 bits per heavy atom. The van der Waals surface area contributed by atoms with Crippen LogP contribution in [0.3, 0.4) is 0 Å². The number of aliphatic imine (C=N–C) groups is 1. The highest BCUT2D eigenvalue weighted by molar-refractivity contribution is 6.09. The van der Waals surface area contributed by atoms with Gasteiger partial charge in [0.15, 0.2) is 5.78 Å². The number of ether oxygens (including phenoxy) is 2. The number of carbonyl (C=O) groups is 2. The van der Waals surface area contributed by atoms with E-state index in [-0.39, 0.29) is 23.3 Å². The van der Waals surface area contributed by atoms with E-state index in [0.29, 0.717) is 36.5 Å². The molecule has 2 unspecified atom stereocenters. The van der Waals surface area contributed by atoms with Crippen molar-refractivity contribution in [2.45, 2.75) is 66.1 Å². The summed E-state index contributed by atoms with van der Waals surface area (Å²) in [5, 5.41) is 0. The first-order chi connectivity index (χ1) is 16.2. The molecular weight excluding hydrogens is 426 g/mol. The first kappa shape index (κ1) is 23.9. The summed E-state index contributed by atoms with van der Waals surface area (Å²) in [6.45, 7) is 10.1. The maximum atomic E-state index is 13.5. The Morgan fingerprint density at radius 2 is 1.74 bits per heavy atom. The number of hydrogen-bond acceptors (Lipinski definition) is 5. The van der Waals surface area contributed by atoms with Crippen molar-refractivity contribution in [3.63, 3.8) is 0 Å². The fourth-order valence-corrected chi connectivity index (χ4v) is 5.00. The van der Waals surface area contributed by atoms with Crippen molar-refractivity contribution in [2.24, 2.45) is 16.3 Å². The standard InChI is InChI=1S/C29H33NO4/c1-18(2)34-28(32)25-19(3)30-22-15-29(4,5)16-23(31)27(22)26(25)21-13-9-10-14-24(21)33-17-20-11-7-6-8-12-20/h6-14,18,25-26H,15-17H2,1-5H3. The van der Waals surface area contributed by atoms with E-state index >= 15 is 0 Å². The highest BCUT2D eigenvalue weighted by Gasteiger charge is 2.47. The highest BCUT2D eigenvalue weighted by Crippen LogP contribution is 2.49. The Morgan fingerprint density at radius 3 is 2.44 bits per heavy atom. The third-order valence-electron chi connectivity index (χ3n) is 6.40. The number of Topliss-reactive ketones (excluding diaryl/α,β-unsaturated/α-hetero) is 1. The normalized spacial score (nSPS) is 21.7. The Kier molecular flexibility index (Phi) is 6.74. The van der Waals surface area contributed by atoms with Crippen LogP contribution in [0.2, 0.25) is 0 Å². The molecule has 1 aliphatic heterocycles. The maximum Gasteiger partial charge on any atom is 0.315 e. The Hall–Kier alpha value is -3.21. The van der Waals surface area contributed by atoms with Gasteiger partial charge in [-0.25, -0.2) is 0 Å². The molecule has 2 aromatic rings. The summed E-state index contributed by atoms with van der Waals surface area (Å²) in [6, 6.07) is 17.6. The minimum Gasteiger partial charge on any atom is -0.489 e. The third-order valence-corrected chi connectivity index (χ3v) is 6.40. The quantitative estimate of drug-likeness (QED) is 0.495. The average Bonchev–Trinajstić information content (AvgIpc) is 2.76. The van der Waals surface area contributed by atoms with Crippen LogP contribution in [0, 0.1) is 11.3 Å². The molecule has 0 amide bonds. The van der Waals surface area contributed by atoms with Gasteiger partial charge in [0.25, 0.3) is 0 Å². The molecule has 0 bridgehead atoms. The predicted octanol–water partition coefficient (Wildman–Crippen LogP) is 6.03. The van der Waals surface area contributed by atoms with Crippen molar-refractivity contribution >= 4 is 17.5 Å². The van der Waals surface area contributed by atoms with Gasteiger partial charge in [0.1, 0.15) is 18.3 Å².